The lowest BCUT2D eigenvalue weighted by atomic mass is 9.95. The van der Waals surface area contributed by atoms with Gasteiger partial charge < -0.3 is 25.0 Å². The number of carbonyl (C=O) groups excluding carboxylic acids is 2. The lowest BCUT2D eigenvalue weighted by Crippen LogP contribution is -2.47. The number of benzene rings is 1. The van der Waals surface area contributed by atoms with Crippen molar-refractivity contribution in [1.29, 1.82) is 0 Å². The molecule has 3 rings (SSSR count). The summed E-state index contributed by atoms with van der Waals surface area (Å²) in [7, 11) is 1.55. The number of ether oxygens (including phenoxy) is 2. The zero-order chi connectivity index (χ0) is 22.4. The van der Waals surface area contributed by atoms with Gasteiger partial charge in [0.15, 0.2) is 5.11 Å². The summed E-state index contributed by atoms with van der Waals surface area (Å²) in [6, 6.07) is 10.5. The summed E-state index contributed by atoms with van der Waals surface area (Å²) in [4.78, 5) is 27.7. The molecule has 0 bridgehead atoms. The molecule has 2 N–H and O–H groups in total. The predicted octanol–water partition coefficient (Wildman–Crippen LogP) is 3.72. The molecule has 1 aliphatic heterocycles. The predicted molar refractivity (Wildman–Crippen MR) is 125 cm³/mol. The summed E-state index contributed by atoms with van der Waals surface area (Å²) in [5.41, 5.74) is 2.77. The maximum atomic E-state index is 12.9. The molecule has 7 nitrogen and oxygen atoms in total. The summed E-state index contributed by atoms with van der Waals surface area (Å²) in [5, 5.41) is 8.53. The van der Waals surface area contributed by atoms with E-state index < -0.39 is 12.0 Å². The standard InChI is InChI=1S/C22H25N3O4S2/c1-4-25-14(2)18(21(27)29-12-11-28-3)19(24-22(25)30)15-7-9-16(10-8-15)23-20(26)17-6-5-13-31-17/h5-10,13,19H,4,11-12H2,1-3H3,(H,23,26)(H,24,30). The van der Waals surface area contributed by atoms with Crippen molar-refractivity contribution in [3.8, 4) is 0 Å². The number of amides is 1. The molecule has 1 aliphatic rings. The smallest absolute Gasteiger partial charge is 0.338 e. The van der Waals surface area contributed by atoms with Crippen LogP contribution in [-0.4, -0.2) is 48.8 Å². The van der Waals surface area contributed by atoms with Crippen molar-refractivity contribution in [2.24, 2.45) is 0 Å². The molecule has 1 aromatic carbocycles. The molecular weight excluding hydrogens is 434 g/mol. The van der Waals surface area contributed by atoms with E-state index in [9.17, 15) is 9.59 Å². The van der Waals surface area contributed by atoms with Gasteiger partial charge in [-0.1, -0.05) is 18.2 Å². The molecule has 1 aromatic heterocycles. The van der Waals surface area contributed by atoms with E-state index in [4.69, 9.17) is 21.7 Å². The zero-order valence-electron chi connectivity index (χ0n) is 17.6. The first-order chi connectivity index (χ1) is 15.0. The lowest BCUT2D eigenvalue weighted by molar-refractivity contribution is -0.140. The highest BCUT2D eigenvalue weighted by atomic mass is 32.1. The van der Waals surface area contributed by atoms with Crippen LogP contribution in [0.5, 0.6) is 0 Å². The molecule has 0 aliphatic carbocycles. The molecular formula is C22H25N3O4S2. The van der Waals surface area contributed by atoms with Crippen LogP contribution in [0.1, 0.15) is 35.1 Å². The van der Waals surface area contributed by atoms with Gasteiger partial charge in [0, 0.05) is 25.0 Å². The number of hydrogen-bond acceptors (Lipinski definition) is 6. The van der Waals surface area contributed by atoms with Crippen LogP contribution in [0.4, 0.5) is 5.69 Å². The Hall–Kier alpha value is -2.75. The van der Waals surface area contributed by atoms with E-state index in [1.165, 1.54) is 11.3 Å². The fourth-order valence-corrected chi connectivity index (χ4v) is 4.33. The normalized spacial score (nSPS) is 16.2. The molecule has 1 unspecified atom stereocenters. The maximum Gasteiger partial charge on any atom is 0.338 e. The van der Waals surface area contributed by atoms with Crippen molar-refractivity contribution in [2.45, 2.75) is 19.9 Å². The molecule has 0 fully saturated rings. The number of anilines is 1. The van der Waals surface area contributed by atoms with Crippen LogP contribution in [-0.2, 0) is 14.3 Å². The maximum absolute atomic E-state index is 12.9. The molecule has 9 heteroatoms. The third-order valence-electron chi connectivity index (χ3n) is 4.90. The van der Waals surface area contributed by atoms with Crippen LogP contribution in [0.15, 0.2) is 53.0 Å². The highest BCUT2D eigenvalue weighted by Crippen LogP contribution is 2.32. The van der Waals surface area contributed by atoms with E-state index in [1.807, 2.05) is 42.3 Å². The summed E-state index contributed by atoms with van der Waals surface area (Å²) >= 11 is 6.89. The van der Waals surface area contributed by atoms with Crippen molar-refractivity contribution < 1.29 is 19.1 Å². The Balaban J connectivity index is 1.84. The van der Waals surface area contributed by atoms with Crippen molar-refractivity contribution in [1.82, 2.24) is 10.2 Å². The topological polar surface area (TPSA) is 79.9 Å². The first-order valence-electron chi connectivity index (χ1n) is 9.86. The number of esters is 1. The van der Waals surface area contributed by atoms with Gasteiger partial charge in [-0.25, -0.2) is 4.79 Å². The fourth-order valence-electron chi connectivity index (χ4n) is 3.33. The van der Waals surface area contributed by atoms with E-state index in [-0.39, 0.29) is 12.5 Å². The van der Waals surface area contributed by atoms with Crippen molar-refractivity contribution in [3.05, 3.63) is 63.5 Å². The third-order valence-corrected chi connectivity index (χ3v) is 6.11. The number of nitrogens with one attached hydrogen (secondary N) is 2. The largest absolute Gasteiger partial charge is 0.460 e. The number of carbonyl (C=O) groups is 2. The number of methoxy groups -OCH3 is 1. The second-order valence-corrected chi connectivity index (χ2v) is 8.14. The van der Waals surface area contributed by atoms with Crippen LogP contribution in [0, 0.1) is 0 Å². The number of thiophene rings is 1. The number of thiocarbonyl (C=S) groups is 1. The van der Waals surface area contributed by atoms with Gasteiger partial charge in [-0.15, -0.1) is 11.3 Å². The number of rotatable bonds is 8. The Morgan fingerprint density at radius 3 is 2.58 bits per heavy atom. The third kappa shape index (κ3) is 5.30. The Morgan fingerprint density at radius 1 is 1.23 bits per heavy atom. The Morgan fingerprint density at radius 2 is 1.97 bits per heavy atom. The lowest BCUT2D eigenvalue weighted by Gasteiger charge is -2.37. The van der Waals surface area contributed by atoms with E-state index in [0.29, 0.717) is 34.4 Å². The average Bonchev–Trinajstić information content (AvgIpc) is 3.29. The highest BCUT2D eigenvalue weighted by molar-refractivity contribution is 7.80. The minimum absolute atomic E-state index is 0.156. The Labute approximate surface area is 191 Å². The summed E-state index contributed by atoms with van der Waals surface area (Å²) in [6.07, 6.45) is 0. The van der Waals surface area contributed by atoms with Gasteiger partial charge in [0.2, 0.25) is 0 Å². The minimum atomic E-state index is -0.451. The van der Waals surface area contributed by atoms with Crippen LogP contribution < -0.4 is 10.6 Å². The average molecular weight is 460 g/mol. The van der Waals surface area contributed by atoms with Gasteiger partial charge in [-0.2, -0.15) is 0 Å². The first kappa shape index (κ1) is 22.9. The van der Waals surface area contributed by atoms with Gasteiger partial charge in [0.05, 0.1) is 23.1 Å². The van der Waals surface area contributed by atoms with Crippen LogP contribution >= 0.6 is 23.6 Å². The van der Waals surface area contributed by atoms with Crippen molar-refractivity contribution in [2.75, 3.05) is 32.2 Å². The van der Waals surface area contributed by atoms with Gasteiger partial charge in [-0.05, 0) is 55.2 Å². The molecule has 164 valence electrons. The van der Waals surface area contributed by atoms with E-state index in [2.05, 4.69) is 10.6 Å². The molecule has 1 amide bonds. The summed E-state index contributed by atoms with van der Waals surface area (Å²) in [5.74, 6) is -0.570. The van der Waals surface area contributed by atoms with Crippen LogP contribution in [0.25, 0.3) is 0 Å². The Kier molecular flexibility index (Phi) is 7.78. The monoisotopic (exact) mass is 459 g/mol. The van der Waals surface area contributed by atoms with Gasteiger partial charge in [0.1, 0.15) is 6.61 Å². The van der Waals surface area contributed by atoms with Gasteiger partial charge in [-0.3, -0.25) is 4.79 Å². The van der Waals surface area contributed by atoms with E-state index in [0.717, 1.165) is 11.3 Å². The van der Waals surface area contributed by atoms with Gasteiger partial charge in [0.25, 0.3) is 5.91 Å². The first-order valence-corrected chi connectivity index (χ1v) is 11.1. The van der Waals surface area contributed by atoms with Crippen LogP contribution in [0.3, 0.4) is 0 Å². The molecule has 0 saturated carbocycles. The van der Waals surface area contributed by atoms with Crippen molar-refractivity contribution in [3.63, 3.8) is 0 Å². The number of hydrogen-bond donors (Lipinski definition) is 2. The minimum Gasteiger partial charge on any atom is -0.460 e. The number of allylic oxidation sites excluding steroid dienone is 1. The molecule has 0 radical (unpaired) electrons. The molecule has 0 saturated heterocycles. The summed E-state index contributed by atoms with van der Waals surface area (Å²) in [6.45, 7) is 4.96. The summed E-state index contributed by atoms with van der Waals surface area (Å²) < 4.78 is 10.4. The molecule has 0 spiro atoms. The molecule has 2 heterocycles. The van der Waals surface area contributed by atoms with Gasteiger partial charge >= 0.3 is 5.97 Å². The SMILES string of the molecule is CCN1C(=S)NC(c2ccc(NC(=O)c3cccs3)cc2)C(C(=O)OCCOC)=C1C. The molecule has 1 atom stereocenters. The van der Waals surface area contributed by atoms with Crippen LogP contribution in [0.2, 0.25) is 0 Å². The fraction of sp³-hybridized carbons (Fsp3) is 0.318. The highest BCUT2D eigenvalue weighted by Gasteiger charge is 2.34. The quantitative estimate of drug-likeness (QED) is 0.354. The number of nitrogens with zero attached hydrogens (tertiary/aromatic N) is 1. The second-order valence-electron chi connectivity index (χ2n) is 6.81. The zero-order valence-corrected chi connectivity index (χ0v) is 19.3. The van der Waals surface area contributed by atoms with Crippen molar-refractivity contribution >= 4 is 46.2 Å². The second kappa shape index (κ2) is 10.5. The van der Waals surface area contributed by atoms with E-state index in [1.54, 1.807) is 25.3 Å². The molecule has 31 heavy (non-hydrogen) atoms. The van der Waals surface area contributed by atoms with E-state index >= 15 is 0 Å². The molecule has 2 aromatic rings. The Bertz CT molecular complexity index is 971.